The molecule has 0 spiro atoms. The average Bonchev–Trinajstić information content (AvgIpc) is 2.15. The zero-order valence-corrected chi connectivity index (χ0v) is 8.78. The molecule has 1 nitrogen and oxygen atoms in total. The van der Waals surface area contributed by atoms with Crippen LogP contribution in [0.5, 0.6) is 0 Å². The summed E-state index contributed by atoms with van der Waals surface area (Å²) in [4.78, 5) is 11.2. The third kappa shape index (κ3) is 3.23. The minimum absolute atomic E-state index is 0. The van der Waals surface area contributed by atoms with Crippen LogP contribution in [0, 0.1) is 0 Å². The number of carbonyl (C=O) groups excluding carboxylic acids is 1. The number of benzene rings is 1. The van der Waals surface area contributed by atoms with Gasteiger partial charge < -0.3 is 0 Å². The van der Waals surface area contributed by atoms with Crippen LogP contribution < -0.4 is 0 Å². The quantitative estimate of drug-likeness (QED) is 0.718. The predicted octanol–water partition coefficient (Wildman–Crippen LogP) is 3.72. The molecule has 5 heteroatoms. The molecule has 0 radical (unpaired) electrons. The first-order valence-electron chi connectivity index (χ1n) is 4.16. The van der Waals surface area contributed by atoms with Gasteiger partial charge in [0.2, 0.25) is 0 Å². The van der Waals surface area contributed by atoms with Crippen molar-refractivity contribution in [1.82, 2.24) is 0 Å². The molecule has 0 aliphatic rings. The Kier molecular flexibility index (Phi) is 4.81. The number of rotatable bonds is 2. The molecular formula is C10H10ClF3O. The van der Waals surface area contributed by atoms with Crippen LogP contribution in [-0.2, 0) is 6.18 Å². The van der Waals surface area contributed by atoms with Crippen molar-refractivity contribution in [2.24, 2.45) is 0 Å². The van der Waals surface area contributed by atoms with E-state index in [1.54, 1.807) is 0 Å². The van der Waals surface area contributed by atoms with E-state index in [4.69, 9.17) is 0 Å². The summed E-state index contributed by atoms with van der Waals surface area (Å²) in [7, 11) is 0. The number of Topliss-reactive ketones (excluding diaryl/α,β-unsaturated/α-hetero) is 1. The van der Waals surface area contributed by atoms with Gasteiger partial charge in [0.25, 0.3) is 0 Å². The van der Waals surface area contributed by atoms with Gasteiger partial charge in [0, 0.05) is 12.0 Å². The SMILES string of the molecule is CCC(=O)c1ccccc1C(F)(F)F.Cl. The maximum Gasteiger partial charge on any atom is 0.417 e. The van der Waals surface area contributed by atoms with Crippen LogP contribution in [0.4, 0.5) is 13.2 Å². The summed E-state index contributed by atoms with van der Waals surface area (Å²) in [5, 5.41) is 0. The highest BCUT2D eigenvalue weighted by Gasteiger charge is 2.34. The molecule has 0 aliphatic carbocycles. The molecule has 0 fully saturated rings. The fourth-order valence-electron chi connectivity index (χ4n) is 1.16. The van der Waals surface area contributed by atoms with Crippen molar-refractivity contribution in [3.63, 3.8) is 0 Å². The molecule has 15 heavy (non-hydrogen) atoms. The second-order valence-electron chi connectivity index (χ2n) is 2.82. The smallest absolute Gasteiger partial charge is 0.294 e. The average molecular weight is 239 g/mol. The third-order valence-electron chi connectivity index (χ3n) is 1.85. The molecule has 1 rings (SSSR count). The van der Waals surface area contributed by atoms with Crippen molar-refractivity contribution < 1.29 is 18.0 Å². The number of hydrogen-bond donors (Lipinski definition) is 0. The topological polar surface area (TPSA) is 17.1 Å². The minimum atomic E-state index is -4.46. The molecule has 0 heterocycles. The van der Waals surface area contributed by atoms with Crippen LogP contribution in [0.3, 0.4) is 0 Å². The molecule has 0 N–H and O–H groups in total. The van der Waals surface area contributed by atoms with E-state index in [0.29, 0.717) is 0 Å². The van der Waals surface area contributed by atoms with Crippen molar-refractivity contribution in [2.45, 2.75) is 19.5 Å². The molecule has 0 unspecified atom stereocenters. The van der Waals surface area contributed by atoms with Crippen molar-refractivity contribution in [2.75, 3.05) is 0 Å². The number of ketones is 1. The highest BCUT2D eigenvalue weighted by atomic mass is 35.5. The number of hydrogen-bond acceptors (Lipinski definition) is 1. The Morgan fingerprint density at radius 1 is 1.27 bits per heavy atom. The molecule has 84 valence electrons. The van der Waals surface area contributed by atoms with Gasteiger partial charge in [0.15, 0.2) is 5.78 Å². The molecule has 0 saturated carbocycles. The molecule has 0 amide bonds. The van der Waals surface area contributed by atoms with Gasteiger partial charge in [-0.3, -0.25) is 4.79 Å². The normalized spacial score (nSPS) is 10.7. The maximum absolute atomic E-state index is 12.4. The number of alkyl halides is 3. The van der Waals surface area contributed by atoms with Gasteiger partial charge >= 0.3 is 6.18 Å². The fourth-order valence-corrected chi connectivity index (χ4v) is 1.16. The maximum atomic E-state index is 12.4. The standard InChI is InChI=1S/C10H9F3O.ClH/c1-2-9(14)7-5-3-4-6-8(7)10(11,12)13;/h3-6H,2H2,1H3;1H. The molecule has 0 aliphatic heterocycles. The van der Waals surface area contributed by atoms with Crippen LogP contribution in [0.1, 0.15) is 29.3 Å². The second kappa shape index (κ2) is 5.16. The number of halogens is 4. The molecule has 1 aromatic rings. The Labute approximate surface area is 91.7 Å². The minimum Gasteiger partial charge on any atom is -0.294 e. The molecule has 0 atom stereocenters. The number of carbonyl (C=O) groups is 1. The zero-order valence-electron chi connectivity index (χ0n) is 7.97. The Morgan fingerprint density at radius 3 is 2.27 bits per heavy atom. The van der Waals surface area contributed by atoms with Crippen molar-refractivity contribution in [1.29, 1.82) is 0 Å². The van der Waals surface area contributed by atoms with E-state index in [2.05, 4.69) is 0 Å². The molecular weight excluding hydrogens is 229 g/mol. The van der Waals surface area contributed by atoms with E-state index in [9.17, 15) is 18.0 Å². The Morgan fingerprint density at radius 2 is 1.80 bits per heavy atom. The van der Waals surface area contributed by atoms with E-state index >= 15 is 0 Å². The van der Waals surface area contributed by atoms with Crippen LogP contribution in [0.2, 0.25) is 0 Å². The summed E-state index contributed by atoms with van der Waals surface area (Å²) >= 11 is 0. The van der Waals surface area contributed by atoms with Gasteiger partial charge in [-0.1, -0.05) is 25.1 Å². The van der Waals surface area contributed by atoms with Gasteiger partial charge in [0.05, 0.1) is 5.56 Å². The summed E-state index contributed by atoms with van der Waals surface area (Å²) in [5.74, 6) is -0.488. The first kappa shape index (κ1) is 14.0. The van der Waals surface area contributed by atoms with Crippen molar-refractivity contribution in [3.8, 4) is 0 Å². The summed E-state index contributed by atoms with van der Waals surface area (Å²) in [6.45, 7) is 1.54. The molecule has 1 aromatic carbocycles. The lowest BCUT2D eigenvalue weighted by atomic mass is 10.0. The van der Waals surface area contributed by atoms with Gasteiger partial charge in [-0.25, -0.2) is 0 Å². The lowest BCUT2D eigenvalue weighted by molar-refractivity contribution is -0.137. The van der Waals surface area contributed by atoms with Crippen LogP contribution in [0.15, 0.2) is 24.3 Å². The fraction of sp³-hybridized carbons (Fsp3) is 0.300. The Bertz CT molecular complexity index is 347. The summed E-state index contributed by atoms with van der Waals surface area (Å²) < 4.78 is 37.2. The van der Waals surface area contributed by atoms with Crippen LogP contribution in [0.25, 0.3) is 0 Å². The van der Waals surface area contributed by atoms with E-state index in [1.165, 1.54) is 25.1 Å². The summed E-state index contributed by atoms with van der Waals surface area (Å²) in [6.07, 6.45) is -4.38. The van der Waals surface area contributed by atoms with Crippen LogP contribution in [-0.4, -0.2) is 5.78 Å². The van der Waals surface area contributed by atoms with Gasteiger partial charge in [-0.05, 0) is 6.07 Å². The van der Waals surface area contributed by atoms with Gasteiger partial charge in [0.1, 0.15) is 0 Å². The Balaban J connectivity index is 0.00000196. The van der Waals surface area contributed by atoms with Gasteiger partial charge in [-0.15, -0.1) is 12.4 Å². The highest BCUT2D eigenvalue weighted by molar-refractivity contribution is 5.97. The summed E-state index contributed by atoms with van der Waals surface area (Å²) in [5.41, 5.74) is -1.10. The van der Waals surface area contributed by atoms with Crippen LogP contribution >= 0.6 is 12.4 Å². The summed E-state index contributed by atoms with van der Waals surface area (Å²) in [6, 6.07) is 4.82. The largest absolute Gasteiger partial charge is 0.417 e. The Hall–Kier alpha value is -1.03. The first-order valence-corrected chi connectivity index (χ1v) is 4.16. The van der Waals surface area contributed by atoms with E-state index in [1.807, 2.05) is 0 Å². The monoisotopic (exact) mass is 238 g/mol. The second-order valence-corrected chi connectivity index (χ2v) is 2.82. The van der Waals surface area contributed by atoms with E-state index < -0.39 is 17.5 Å². The van der Waals surface area contributed by atoms with Crippen molar-refractivity contribution >= 4 is 18.2 Å². The van der Waals surface area contributed by atoms with E-state index in [0.717, 1.165) is 6.07 Å². The predicted molar refractivity (Wildman–Crippen MR) is 53.3 cm³/mol. The zero-order chi connectivity index (χ0) is 10.8. The first-order chi connectivity index (χ1) is 6.46. The third-order valence-corrected chi connectivity index (χ3v) is 1.85. The highest BCUT2D eigenvalue weighted by Crippen LogP contribution is 2.32. The lowest BCUT2D eigenvalue weighted by Gasteiger charge is -2.10. The molecule has 0 saturated heterocycles. The van der Waals surface area contributed by atoms with E-state index in [-0.39, 0.29) is 24.4 Å². The lowest BCUT2D eigenvalue weighted by Crippen LogP contribution is -2.12. The molecule has 0 aromatic heterocycles. The van der Waals surface area contributed by atoms with Crippen molar-refractivity contribution in [3.05, 3.63) is 35.4 Å². The molecule has 0 bridgehead atoms. The van der Waals surface area contributed by atoms with Gasteiger partial charge in [-0.2, -0.15) is 13.2 Å².